The summed E-state index contributed by atoms with van der Waals surface area (Å²) in [4.78, 5) is 11.1. The second-order valence-electron chi connectivity index (χ2n) is 2.87. The van der Waals surface area contributed by atoms with Crippen LogP contribution in [0.5, 0.6) is 0 Å². The van der Waals surface area contributed by atoms with Crippen molar-refractivity contribution in [2.45, 2.75) is 19.6 Å². The minimum absolute atomic E-state index is 0.171. The monoisotopic (exact) mass is 258 g/mol. The van der Waals surface area contributed by atoms with E-state index in [1.54, 1.807) is 0 Å². The zero-order chi connectivity index (χ0) is 13.2. The van der Waals surface area contributed by atoms with Gasteiger partial charge in [-0.25, -0.2) is 9.48 Å². The van der Waals surface area contributed by atoms with Crippen LogP contribution in [0.2, 0.25) is 0 Å². The molecule has 17 heavy (non-hydrogen) atoms. The van der Waals surface area contributed by atoms with E-state index >= 15 is 0 Å². The Hall–Kier alpha value is -1.67. The molecule has 0 spiro atoms. The maximum atomic E-state index is 12.4. The molecule has 0 unspecified atom stereocenters. The zero-order valence-corrected chi connectivity index (χ0v) is 8.46. The molecule has 0 saturated carbocycles. The van der Waals surface area contributed by atoms with Gasteiger partial charge in [-0.1, -0.05) is 0 Å². The Labute approximate surface area is 92.0 Å². The SMILES string of the molecule is CCOC(=O)c1cn(C(F)F)nc1C(F)(F)F. The lowest BCUT2D eigenvalue weighted by atomic mass is 10.2. The van der Waals surface area contributed by atoms with Crippen LogP contribution in [0.25, 0.3) is 0 Å². The first kappa shape index (κ1) is 13.4. The summed E-state index contributed by atoms with van der Waals surface area (Å²) in [6, 6.07) is 0. The molecule has 0 amide bonds. The summed E-state index contributed by atoms with van der Waals surface area (Å²) in [6.07, 6.45) is -4.69. The molecule has 0 aliphatic rings. The van der Waals surface area contributed by atoms with Crippen molar-refractivity contribution in [2.24, 2.45) is 0 Å². The van der Waals surface area contributed by atoms with Crippen molar-refractivity contribution in [3.8, 4) is 0 Å². The maximum Gasteiger partial charge on any atom is 0.436 e. The molecule has 0 radical (unpaired) electrons. The van der Waals surface area contributed by atoms with Crippen molar-refractivity contribution >= 4 is 5.97 Å². The lowest BCUT2D eigenvalue weighted by Crippen LogP contribution is -2.14. The van der Waals surface area contributed by atoms with Gasteiger partial charge < -0.3 is 4.74 Å². The lowest BCUT2D eigenvalue weighted by molar-refractivity contribution is -0.142. The van der Waals surface area contributed by atoms with Gasteiger partial charge in [0, 0.05) is 6.20 Å². The number of esters is 1. The van der Waals surface area contributed by atoms with Gasteiger partial charge in [0.05, 0.1) is 6.61 Å². The minimum atomic E-state index is -5.00. The Bertz CT molecular complexity index is 413. The molecule has 0 aromatic carbocycles. The van der Waals surface area contributed by atoms with Crippen LogP contribution in [-0.4, -0.2) is 22.4 Å². The number of rotatable bonds is 3. The Morgan fingerprint density at radius 1 is 1.53 bits per heavy atom. The Morgan fingerprint density at radius 2 is 2.12 bits per heavy atom. The van der Waals surface area contributed by atoms with Crippen LogP contribution in [0.3, 0.4) is 0 Å². The number of ether oxygens (including phenoxy) is 1. The van der Waals surface area contributed by atoms with Gasteiger partial charge >= 0.3 is 18.7 Å². The van der Waals surface area contributed by atoms with Gasteiger partial charge in [0.2, 0.25) is 0 Å². The van der Waals surface area contributed by atoms with E-state index in [2.05, 4.69) is 9.84 Å². The van der Waals surface area contributed by atoms with Gasteiger partial charge in [-0.3, -0.25) is 0 Å². The number of hydrogen-bond donors (Lipinski definition) is 0. The highest BCUT2D eigenvalue weighted by Crippen LogP contribution is 2.32. The summed E-state index contributed by atoms with van der Waals surface area (Å²) in [5.74, 6) is -1.34. The van der Waals surface area contributed by atoms with Crippen molar-refractivity contribution in [3.05, 3.63) is 17.5 Å². The van der Waals surface area contributed by atoms with Crippen molar-refractivity contribution in [2.75, 3.05) is 6.61 Å². The summed E-state index contributed by atoms with van der Waals surface area (Å²) >= 11 is 0. The van der Waals surface area contributed by atoms with Crippen LogP contribution in [0.4, 0.5) is 22.0 Å². The average molecular weight is 258 g/mol. The number of aromatic nitrogens is 2. The van der Waals surface area contributed by atoms with Crippen LogP contribution < -0.4 is 0 Å². The first-order chi connectivity index (χ1) is 7.77. The van der Waals surface area contributed by atoms with E-state index in [0.29, 0.717) is 6.20 Å². The van der Waals surface area contributed by atoms with Crippen molar-refractivity contribution < 1.29 is 31.5 Å². The summed E-state index contributed by atoms with van der Waals surface area (Å²) in [7, 11) is 0. The van der Waals surface area contributed by atoms with E-state index in [-0.39, 0.29) is 11.3 Å². The van der Waals surface area contributed by atoms with Crippen LogP contribution >= 0.6 is 0 Å². The van der Waals surface area contributed by atoms with E-state index < -0.39 is 30.0 Å². The molecular formula is C8H7F5N2O2. The van der Waals surface area contributed by atoms with Crippen molar-refractivity contribution in [1.29, 1.82) is 0 Å². The number of carbonyl (C=O) groups excluding carboxylic acids is 1. The Balaban J connectivity index is 3.22. The van der Waals surface area contributed by atoms with E-state index in [9.17, 15) is 26.7 Å². The average Bonchev–Trinajstić information content (AvgIpc) is 2.61. The van der Waals surface area contributed by atoms with Gasteiger partial charge in [-0.05, 0) is 6.92 Å². The number of halogens is 5. The first-order valence-corrected chi connectivity index (χ1v) is 4.39. The zero-order valence-electron chi connectivity index (χ0n) is 8.46. The summed E-state index contributed by atoms with van der Waals surface area (Å²) in [6.45, 7) is -2.06. The molecule has 1 aromatic rings. The van der Waals surface area contributed by atoms with Crippen LogP contribution in [-0.2, 0) is 10.9 Å². The molecule has 0 fully saturated rings. The van der Waals surface area contributed by atoms with Crippen molar-refractivity contribution in [3.63, 3.8) is 0 Å². The van der Waals surface area contributed by atoms with Crippen LogP contribution in [0, 0.1) is 0 Å². The van der Waals surface area contributed by atoms with E-state index in [1.807, 2.05) is 0 Å². The van der Waals surface area contributed by atoms with Crippen LogP contribution in [0.1, 0.15) is 29.5 Å². The first-order valence-electron chi connectivity index (χ1n) is 4.39. The Morgan fingerprint density at radius 3 is 2.53 bits per heavy atom. The van der Waals surface area contributed by atoms with E-state index in [1.165, 1.54) is 6.92 Å². The summed E-state index contributed by atoms with van der Waals surface area (Å²) in [5, 5.41) is 2.63. The number of alkyl halides is 5. The Kier molecular flexibility index (Phi) is 3.69. The standard InChI is InChI=1S/C8H7F5N2O2/c1-2-17-6(16)4-3-15(7(9)10)14-5(4)8(11,12)13/h3,7H,2H2,1H3. The number of nitrogens with zero attached hydrogens (tertiary/aromatic N) is 2. The fourth-order valence-corrected chi connectivity index (χ4v) is 1.06. The van der Waals surface area contributed by atoms with E-state index in [4.69, 9.17) is 0 Å². The molecule has 1 aromatic heterocycles. The third-order valence-corrected chi connectivity index (χ3v) is 1.70. The van der Waals surface area contributed by atoms with Gasteiger partial charge in [0.15, 0.2) is 5.69 Å². The lowest BCUT2D eigenvalue weighted by Gasteiger charge is -2.04. The second kappa shape index (κ2) is 4.68. The van der Waals surface area contributed by atoms with Gasteiger partial charge in [-0.15, -0.1) is 0 Å². The molecule has 1 rings (SSSR count). The topological polar surface area (TPSA) is 44.1 Å². The third kappa shape index (κ3) is 2.92. The quantitative estimate of drug-likeness (QED) is 0.618. The molecule has 0 aliphatic heterocycles. The van der Waals surface area contributed by atoms with Gasteiger partial charge in [-0.2, -0.15) is 27.1 Å². The molecule has 0 bridgehead atoms. The highest BCUT2D eigenvalue weighted by Gasteiger charge is 2.40. The summed E-state index contributed by atoms with van der Waals surface area (Å²) in [5.41, 5.74) is -2.71. The van der Waals surface area contributed by atoms with Crippen molar-refractivity contribution in [1.82, 2.24) is 9.78 Å². The molecule has 0 atom stereocenters. The molecule has 0 saturated heterocycles. The molecule has 96 valence electrons. The molecule has 1 heterocycles. The molecule has 0 N–H and O–H groups in total. The minimum Gasteiger partial charge on any atom is -0.462 e. The van der Waals surface area contributed by atoms with Gasteiger partial charge in [0.25, 0.3) is 0 Å². The molecule has 0 aliphatic carbocycles. The normalized spacial score (nSPS) is 11.9. The largest absolute Gasteiger partial charge is 0.462 e. The predicted octanol–water partition coefficient (Wildman–Crippen LogP) is 2.47. The predicted molar refractivity (Wildman–Crippen MR) is 44.4 cm³/mol. The highest BCUT2D eigenvalue weighted by molar-refractivity contribution is 5.90. The number of hydrogen-bond acceptors (Lipinski definition) is 3. The second-order valence-corrected chi connectivity index (χ2v) is 2.87. The molecule has 4 nitrogen and oxygen atoms in total. The third-order valence-electron chi connectivity index (χ3n) is 1.70. The highest BCUT2D eigenvalue weighted by atomic mass is 19.4. The van der Waals surface area contributed by atoms with Crippen LogP contribution in [0.15, 0.2) is 6.20 Å². The number of carbonyl (C=O) groups is 1. The summed E-state index contributed by atoms with van der Waals surface area (Å²) < 4.78 is 65.6. The molecule has 9 heteroatoms. The maximum absolute atomic E-state index is 12.4. The fraction of sp³-hybridized carbons (Fsp3) is 0.500. The van der Waals surface area contributed by atoms with Gasteiger partial charge in [0.1, 0.15) is 5.56 Å². The molecular weight excluding hydrogens is 251 g/mol. The smallest absolute Gasteiger partial charge is 0.436 e. The fourth-order valence-electron chi connectivity index (χ4n) is 1.06. The van der Waals surface area contributed by atoms with E-state index in [0.717, 1.165) is 0 Å².